The summed E-state index contributed by atoms with van der Waals surface area (Å²) in [5.41, 5.74) is 1.16. The number of amides is 3. The van der Waals surface area contributed by atoms with Crippen molar-refractivity contribution in [3.05, 3.63) is 77.5 Å². The number of carbonyl (C=O) groups excluding carboxylic acids is 2. The average molecular weight is 541 g/mol. The van der Waals surface area contributed by atoms with Crippen molar-refractivity contribution in [1.82, 2.24) is 9.97 Å². The molecular formula is C27H27F3N6O3. The molecule has 39 heavy (non-hydrogen) atoms. The summed E-state index contributed by atoms with van der Waals surface area (Å²) in [5, 5.41) is 5.67. The third-order valence-electron chi connectivity index (χ3n) is 5.90. The Balaban J connectivity index is 1.63. The van der Waals surface area contributed by atoms with Gasteiger partial charge in [0.2, 0.25) is 5.95 Å². The van der Waals surface area contributed by atoms with Crippen molar-refractivity contribution in [1.29, 1.82) is 0 Å². The lowest BCUT2D eigenvalue weighted by molar-refractivity contribution is -0.137. The average Bonchev–Trinajstić information content (AvgIpc) is 2.90. The second-order valence-corrected chi connectivity index (χ2v) is 8.92. The van der Waals surface area contributed by atoms with Crippen LogP contribution in [-0.4, -0.2) is 42.1 Å². The van der Waals surface area contributed by atoms with E-state index in [-0.39, 0.29) is 23.8 Å². The minimum atomic E-state index is -4.58. The summed E-state index contributed by atoms with van der Waals surface area (Å²) in [7, 11) is 1.43. The van der Waals surface area contributed by atoms with Gasteiger partial charge in [-0.15, -0.1) is 0 Å². The number of carbonyl (C=O) groups is 2. The van der Waals surface area contributed by atoms with Crippen LogP contribution in [0, 0.1) is 0 Å². The van der Waals surface area contributed by atoms with Crippen molar-refractivity contribution >= 4 is 35.1 Å². The molecule has 0 spiro atoms. The fraction of sp³-hybridized carbons (Fsp3) is 0.259. The quantitative estimate of drug-likeness (QED) is 0.355. The first kappa shape index (κ1) is 27.4. The number of benzene rings is 2. The lowest BCUT2D eigenvalue weighted by atomic mass is 10.1. The van der Waals surface area contributed by atoms with Crippen LogP contribution in [0.25, 0.3) is 0 Å². The highest BCUT2D eigenvalue weighted by atomic mass is 19.4. The third-order valence-corrected chi connectivity index (χ3v) is 5.90. The second-order valence-electron chi connectivity index (χ2n) is 8.92. The molecule has 2 heterocycles. The van der Waals surface area contributed by atoms with E-state index in [1.165, 1.54) is 35.1 Å². The van der Waals surface area contributed by atoms with Crippen LogP contribution in [0.15, 0.2) is 60.8 Å². The highest BCUT2D eigenvalue weighted by molar-refractivity contribution is 6.07. The smallest absolute Gasteiger partial charge is 0.416 e. The summed E-state index contributed by atoms with van der Waals surface area (Å²) in [6.45, 7) is 8.51. The molecule has 4 rings (SSSR count). The van der Waals surface area contributed by atoms with Gasteiger partial charge in [-0.25, -0.2) is 9.78 Å². The SMILES string of the molecule is C=C(C)CNc1ncc2c(n1)N(CC)C(=O)N(c1cc(NC(=O)c3cccc(C(F)(F)F)c3)cc(OC)c1)C2. The number of methoxy groups -OCH3 is 1. The van der Waals surface area contributed by atoms with Gasteiger partial charge in [0.1, 0.15) is 11.6 Å². The van der Waals surface area contributed by atoms with Gasteiger partial charge in [0, 0.05) is 48.2 Å². The van der Waals surface area contributed by atoms with Crippen LogP contribution in [0.1, 0.15) is 35.3 Å². The van der Waals surface area contributed by atoms with Gasteiger partial charge in [0.25, 0.3) is 5.91 Å². The molecule has 0 saturated carbocycles. The molecular weight excluding hydrogens is 513 g/mol. The Morgan fingerprint density at radius 2 is 1.97 bits per heavy atom. The van der Waals surface area contributed by atoms with Gasteiger partial charge in [-0.2, -0.15) is 18.2 Å². The minimum Gasteiger partial charge on any atom is -0.497 e. The fourth-order valence-electron chi connectivity index (χ4n) is 3.99. The maximum absolute atomic E-state index is 13.5. The summed E-state index contributed by atoms with van der Waals surface area (Å²) < 4.78 is 44.7. The first-order valence-corrected chi connectivity index (χ1v) is 12.0. The van der Waals surface area contributed by atoms with Crippen LogP contribution in [-0.2, 0) is 12.7 Å². The highest BCUT2D eigenvalue weighted by Gasteiger charge is 2.33. The zero-order valence-corrected chi connectivity index (χ0v) is 21.6. The van der Waals surface area contributed by atoms with E-state index >= 15 is 0 Å². The van der Waals surface area contributed by atoms with Gasteiger partial charge in [-0.3, -0.25) is 14.6 Å². The molecule has 0 saturated heterocycles. The first-order chi connectivity index (χ1) is 18.5. The molecule has 0 radical (unpaired) electrons. The monoisotopic (exact) mass is 540 g/mol. The number of aromatic nitrogens is 2. The van der Waals surface area contributed by atoms with Gasteiger partial charge in [0.05, 0.1) is 24.9 Å². The molecule has 2 aromatic carbocycles. The summed E-state index contributed by atoms with van der Waals surface area (Å²) in [6.07, 6.45) is -2.94. The molecule has 0 atom stereocenters. The molecule has 9 nitrogen and oxygen atoms in total. The minimum absolute atomic E-state index is 0.152. The number of alkyl halides is 3. The Morgan fingerprint density at radius 1 is 1.21 bits per heavy atom. The molecule has 3 aromatic rings. The van der Waals surface area contributed by atoms with E-state index in [1.807, 2.05) is 13.8 Å². The molecule has 2 N–H and O–H groups in total. The van der Waals surface area contributed by atoms with E-state index in [0.29, 0.717) is 41.9 Å². The van der Waals surface area contributed by atoms with E-state index in [0.717, 1.165) is 17.7 Å². The number of nitrogens with one attached hydrogen (secondary N) is 2. The topological polar surface area (TPSA) is 99.7 Å². The lowest BCUT2D eigenvalue weighted by Gasteiger charge is -2.35. The van der Waals surface area contributed by atoms with Gasteiger partial charge in [0.15, 0.2) is 0 Å². The molecule has 1 aromatic heterocycles. The Labute approximate surface area is 223 Å². The van der Waals surface area contributed by atoms with Crippen LogP contribution in [0.3, 0.4) is 0 Å². The first-order valence-electron chi connectivity index (χ1n) is 12.0. The molecule has 0 aliphatic carbocycles. The molecule has 3 amide bonds. The molecule has 204 valence electrons. The number of anilines is 4. The van der Waals surface area contributed by atoms with E-state index in [1.54, 1.807) is 18.3 Å². The summed E-state index contributed by atoms with van der Waals surface area (Å²) >= 11 is 0. The van der Waals surface area contributed by atoms with E-state index in [2.05, 4.69) is 27.2 Å². The van der Waals surface area contributed by atoms with Crippen molar-refractivity contribution in [2.75, 3.05) is 40.6 Å². The van der Waals surface area contributed by atoms with Crippen molar-refractivity contribution in [3.8, 4) is 5.75 Å². The Hall–Kier alpha value is -4.61. The van der Waals surface area contributed by atoms with Gasteiger partial charge >= 0.3 is 12.2 Å². The number of hydrogen-bond donors (Lipinski definition) is 2. The standard InChI is InChI=1S/C27H27F3N6O3/c1-5-35-23-18(14-32-25(34-23)31-13-16(2)3)15-36(26(35)38)21-10-20(11-22(12-21)39-4)33-24(37)17-7-6-8-19(9-17)27(28,29)30/h6-12,14H,2,5,13,15H2,1,3-4H3,(H,33,37)(H,31,32,34). The fourth-order valence-corrected chi connectivity index (χ4v) is 3.99. The predicted octanol–water partition coefficient (Wildman–Crippen LogP) is 5.71. The van der Waals surface area contributed by atoms with E-state index in [9.17, 15) is 22.8 Å². The number of nitrogens with zero attached hydrogens (tertiary/aromatic N) is 4. The maximum atomic E-state index is 13.5. The summed E-state index contributed by atoms with van der Waals surface area (Å²) in [4.78, 5) is 38.2. The van der Waals surface area contributed by atoms with Crippen LogP contribution >= 0.6 is 0 Å². The van der Waals surface area contributed by atoms with Gasteiger partial charge in [-0.1, -0.05) is 18.2 Å². The van der Waals surface area contributed by atoms with Crippen molar-refractivity contribution in [2.24, 2.45) is 0 Å². The molecule has 0 fully saturated rings. The maximum Gasteiger partial charge on any atom is 0.416 e. The van der Waals surface area contributed by atoms with E-state index in [4.69, 9.17) is 4.74 Å². The van der Waals surface area contributed by atoms with Gasteiger partial charge in [-0.05, 0) is 38.1 Å². The number of halogens is 3. The molecule has 1 aliphatic rings. The number of rotatable bonds is 8. The zero-order chi connectivity index (χ0) is 28.3. The number of urea groups is 1. The third kappa shape index (κ3) is 6.11. The van der Waals surface area contributed by atoms with Crippen molar-refractivity contribution in [2.45, 2.75) is 26.6 Å². The lowest BCUT2D eigenvalue weighted by Crippen LogP contribution is -2.48. The summed E-state index contributed by atoms with van der Waals surface area (Å²) in [6, 6.07) is 8.46. The van der Waals surface area contributed by atoms with E-state index < -0.39 is 17.6 Å². The molecule has 1 aliphatic heterocycles. The van der Waals surface area contributed by atoms with Crippen LogP contribution in [0.4, 0.5) is 41.1 Å². The van der Waals surface area contributed by atoms with Crippen LogP contribution in [0.2, 0.25) is 0 Å². The second kappa shape index (κ2) is 11.0. The van der Waals surface area contributed by atoms with Gasteiger partial charge < -0.3 is 15.4 Å². The zero-order valence-electron chi connectivity index (χ0n) is 21.6. The number of fused-ring (bicyclic) bond motifs is 1. The largest absolute Gasteiger partial charge is 0.497 e. The van der Waals surface area contributed by atoms with Crippen molar-refractivity contribution < 1.29 is 27.5 Å². The normalized spacial score (nSPS) is 13.1. The Morgan fingerprint density at radius 3 is 2.64 bits per heavy atom. The Bertz CT molecular complexity index is 1430. The Kier molecular flexibility index (Phi) is 7.75. The van der Waals surface area contributed by atoms with Crippen LogP contribution in [0.5, 0.6) is 5.75 Å². The molecule has 12 heteroatoms. The number of hydrogen-bond acceptors (Lipinski definition) is 6. The highest BCUT2D eigenvalue weighted by Crippen LogP contribution is 2.35. The van der Waals surface area contributed by atoms with Crippen LogP contribution < -0.4 is 25.2 Å². The number of ether oxygens (including phenoxy) is 1. The molecule has 0 bridgehead atoms. The summed E-state index contributed by atoms with van der Waals surface area (Å²) in [5.74, 6) is 0.453. The predicted molar refractivity (Wildman–Crippen MR) is 142 cm³/mol. The molecule has 0 unspecified atom stereocenters. The van der Waals surface area contributed by atoms with Crippen molar-refractivity contribution in [3.63, 3.8) is 0 Å².